The Morgan fingerprint density at radius 1 is 1.10 bits per heavy atom. The number of hydrogen-bond donors (Lipinski definition) is 1. The molecule has 2 heterocycles. The summed E-state index contributed by atoms with van der Waals surface area (Å²) in [5.74, 6) is -0.214. The van der Waals surface area contributed by atoms with Crippen LogP contribution in [0, 0.1) is 24.0 Å². The van der Waals surface area contributed by atoms with E-state index in [1.807, 2.05) is 32.0 Å². The van der Waals surface area contributed by atoms with E-state index in [1.54, 1.807) is 24.1 Å². The number of amides is 3. The molecule has 0 spiro atoms. The molecule has 1 unspecified atom stereocenters. The van der Waals surface area contributed by atoms with Gasteiger partial charge in [-0.2, -0.15) is 0 Å². The van der Waals surface area contributed by atoms with Crippen molar-refractivity contribution in [1.29, 1.82) is 0 Å². The molecule has 2 aromatic carbocycles. The van der Waals surface area contributed by atoms with Crippen LogP contribution in [-0.2, 0) is 4.79 Å². The Hall–Kier alpha value is -3.68. The lowest BCUT2D eigenvalue weighted by Crippen LogP contribution is -2.45. The van der Waals surface area contributed by atoms with E-state index in [1.165, 1.54) is 17.0 Å². The number of hydrogen-bond acceptors (Lipinski definition) is 4. The summed E-state index contributed by atoms with van der Waals surface area (Å²) in [4.78, 5) is 39.6. The number of nitrogens with one attached hydrogen (secondary N) is 1. The molecule has 3 amide bonds. The zero-order valence-corrected chi connectivity index (χ0v) is 16.3. The third kappa shape index (κ3) is 3.12. The largest absolute Gasteiger partial charge is 0.327 e. The highest BCUT2D eigenvalue weighted by molar-refractivity contribution is 6.11. The van der Waals surface area contributed by atoms with E-state index < -0.39 is 11.0 Å². The number of anilines is 1. The third-order valence-corrected chi connectivity index (χ3v) is 5.29. The van der Waals surface area contributed by atoms with Crippen molar-refractivity contribution >= 4 is 23.3 Å². The number of carbonyl (C=O) groups excluding carboxylic acids is 2. The number of nitro benzene ring substituents is 1. The molecule has 2 aliphatic rings. The van der Waals surface area contributed by atoms with Crippen molar-refractivity contribution in [3.63, 3.8) is 0 Å². The van der Waals surface area contributed by atoms with E-state index in [2.05, 4.69) is 5.32 Å². The molecule has 4 rings (SSSR count). The van der Waals surface area contributed by atoms with Gasteiger partial charge in [-0.25, -0.2) is 4.79 Å². The van der Waals surface area contributed by atoms with Crippen molar-refractivity contribution in [3.8, 4) is 0 Å². The summed E-state index contributed by atoms with van der Waals surface area (Å²) < 4.78 is 0. The SMILES string of the molecule is Cc1cc(C)cc(N2CC3=C(C2=O)C(c2cccc([N+](=O)[O-])c2)NC(=O)N3C)c1. The summed E-state index contributed by atoms with van der Waals surface area (Å²) in [6.07, 6.45) is 0. The van der Waals surface area contributed by atoms with Gasteiger partial charge in [-0.05, 0) is 42.7 Å². The molecule has 8 heteroatoms. The van der Waals surface area contributed by atoms with Crippen molar-refractivity contribution in [2.45, 2.75) is 19.9 Å². The zero-order chi connectivity index (χ0) is 20.9. The van der Waals surface area contributed by atoms with Gasteiger partial charge in [0, 0.05) is 24.9 Å². The minimum atomic E-state index is -0.739. The fourth-order valence-electron chi connectivity index (χ4n) is 3.95. The highest BCUT2D eigenvalue weighted by Crippen LogP contribution is 2.38. The molecular weight excluding hydrogens is 372 g/mol. The van der Waals surface area contributed by atoms with Crippen LogP contribution >= 0.6 is 0 Å². The first-order chi connectivity index (χ1) is 13.8. The fraction of sp³-hybridized carbons (Fsp3) is 0.238. The molecule has 8 nitrogen and oxygen atoms in total. The number of benzene rings is 2. The quantitative estimate of drug-likeness (QED) is 0.641. The number of aryl methyl sites for hydroxylation is 2. The highest BCUT2D eigenvalue weighted by Gasteiger charge is 2.43. The third-order valence-electron chi connectivity index (χ3n) is 5.29. The summed E-state index contributed by atoms with van der Waals surface area (Å²) in [5.41, 5.74) is 4.30. The first-order valence-corrected chi connectivity index (χ1v) is 9.18. The molecule has 1 atom stereocenters. The molecule has 1 N–H and O–H groups in total. The Bertz CT molecular complexity index is 1070. The molecule has 0 radical (unpaired) electrons. The smallest absolute Gasteiger partial charge is 0.322 e. The Labute approximate surface area is 167 Å². The molecule has 2 aromatic rings. The lowest BCUT2D eigenvalue weighted by molar-refractivity contribution is -0.384. The maximum Gasteiger partial charge on any atom is 0.322 e. The lowest BCUT2D eigenvalue weighted by atomic mass is 9.95. The minimum Gasteiger partial charge on any atom is -0.327 e. The number of non-ortho nitro benzene ring substituents is 1. The molecule has 2 aliphatic heterocycles. The van der Waals surface area contributed by atoms with E-state index in [4.69, 9.17) is 0 Å². The standard InChI is InChI=1S/C21H20N4O4/c1-12-7-13(2)9-16(8-12)24-11-17-18(20(24)26)19(22-21(27)23(17)3)14-5-4-6-15(10-14)25(28)29/h4-10,19H,11H2,1-3H3,(H,22,27). The summed E-state index contributed by atoms with van der Waals surface area (Å²) in [6.45, 7) is 4.20. The van der Waals surface area contributed by atoms with Gasteiger partial charge in [0.05, 0.1) is 28.8 Å². The van der Waals surface area contributed by atoms with E-state index in [0.717, 1.165) is 16.8 Å². The monoisotopic (exact) mass is 392 g/mol. The van der Waals surface area contributed by atoms with Gasteiger partial charge in [0.2, 0.25) is 0 Å². The molecule has 0 bridgehead atoms. The second-order valence-electron chi connectivity index (χ2n) is 7.39. The van der Waals surface area contributed by atoms with Crippen LogP contribution in [-0.4, -0.2) is 35.4 Å². The number of likely N-dealkylation sites (N-methyl/N-ethyl adjacent to an activating group) is 1. The van der Waals surface area contributed by atoms with Gasteiger partial charge in [0.15, 0.2) is 0 Å². The predicted octanol–water partition coefficient (Wildman–Crippen LogP) is 3.21. The van der Waals surface area contributed by atoms with Crippen molar-refractivity contribution in [2.75, 3.05) is 18.5 Å². The number of nitrogens with zero attached hydrogens (tertiary/aromatic N) is 3. The van der Waals surface area contributed by atoms with Gasteiger partial charge >= 0.3 is 6.03 Å². The number of carbonyl (C=O) groups is 2. The molecule has 0 aliphatic carbocycles. The van der Waals surface area contributed by atoms with Crippen LogP contribution in [0.3, 0.4) is 0 Å². The number of urea groups is 1. The van der Waals surface area contributed by atoms with Gasteiger partial charge < -0.3 is 10.2 Å². The maximum atomic E-state index is 13.4. The second kappa shape index (κ2) is 6.73. The van der Waals surface area contributed by atoms with Gasteiger partial charge in [0.25, 0.3) is 11.6 Å². The van der Waals surface area contributed by atoms with Gasteiger partial charge in [0.1, 0.15) is 0 Å². The molecule has 0 saturated heterocycles. The van der Waals surface area contributed by atoms with Crippen LogP contribution in [0.15, 0.2) is 53.7 Å². The molecule has 0 aromatic heterocycles. The van der Waals surface area contributed by atoms with Gasteiger partial charge in [-0.1, -0.05) is 18.2 Å². The van der Waals surface area contributed by atoms with Crippen LogP contribution in [0.2, 0.25) is 0 Å². The fourth-order valence-corrected chi connectivity index (χ4v) is 3.95. The predicted molar refractivity (Wildman–Crippen MR) is 107 cm³/mol. The Morgan fingerprint density at radius 3 is 2.45 bits per heavy atom. The van der Waals surface area contributed by atoms with Crippen LogP contribution in [0.5, 0.6) is 0 Å². The second-order valence-corrected chi connectivity index (χ2v) is 7.39. The summed E-state index contributed by atoms with van der Waals surface area (Å²) in [6, 6.07) is 10.8. The molecule has 148 valence electrons. The van der Waals surface area contributed by atoms with E-state index in [0.29, 0.717) is 16.8 Å². The Balaban J connectivity index is 1.78. The first kappa shape index (κ1) is 18.7. The van der Waals surface area contributed by atoms with Crippen molar-refractivity contribution < 1.29 is 14.5 Å². The van der Waals surface area contributed by atoms with E-state index >= 15 is 0 Å². The topological polar surface area (TPSA) is 95.8 Å². The summed E-state index contributed by atoms with van der Waals surface area (Å²) in [5, 5.41) is 14.0. The van der Waals surface area contributed by atoms with E-state index in [9.17, 15) is 19.7 Å². The maximum absolute atomic E-state index is 13.4. The normalized spacial score (nSPS) is 18.8. The minimum absolute atomic E-state index is 0.0885. The van der Waals surface area contributed by atoms with Crippen LogP contribution in [0.25, 0.3) is 0 Å². The first-order valence-electron chi connectivity index (χ1n) is 9.18. The molecule has 29 heavy (non-hydrogen) atoms. The zero-order valence-electron chi connectivity index (χ0n) is 16.3. The van der Waals surface area contributed by atoms with Crippen LogP contribution in [0.1, 0.15) is 22.7 Å². The molecule has 0 saturated carbocycles. The number of rotatable bonds is 3. The molecular formula is C21H20N4O4. The van der Waals surface area contributed by atoms with Crippen molar-refractivity contribution in [2.24, 2.45) is 0 Å². The average molecular weight is 392 g/mol. The van der Waals surface area contributed by atoms with Crippen LogP contribution < -0.4 is 10.2 Å². The van der Waals surface area contributed by atoms with Gasteiger partial charge in [-0.15, -0.1) is 0 Å². The Morgan fingerprint density at radius 2 is 1.79 bits per heavy atom. The van der Waals surface area contributed by atoms with Crippen molar-refractivity contribution in [3.05, 3.63) is 80.5 Å². The Kier molecular flexibility index (Phi) is 4.34. The summed E-state index contributed by atoms with van der Waals surface area (Å²) in [7, 11) is 1.62. The van der Waals surface area contributed by atoms with E-state index in [-0.39, 0.29) is 24.2 Å². The summed E-state index contributed by atoms with van der Waals surface area (Å²) >= 11 is 0. The molecule has 0 fully saturated rings. The lowest BCUT2D eigenvalue weighted by Gasteiger charge is -2.30. The van der Waals surface area contributed by atoms with Gasteiger partial charge in [-0.3, -0.25) is 19.8 Å². The van der Waals surface area contributed by atoms with Crippen molar-refractivity contribution in [1.82, 2.24) is 10.2 Å². The average Bonchev–Trinajstić information content (AvgIpc) is 3.02. The highest BCUT2D eigenvalue weighted by atomic mass is 16.6. The number of nitro groups is 1. The van der Waals surface area contributed by atoms with Crippen LogP contribution in [0.4, 0.5) is 16.2 Å².